The monoisotopic (exact) mass is 375 g/mol. The van der Waals surface area contributed by atoms with E-state index in [1.54, 1.807) is 12.0 Å². The summed E-state index contributed by atoms with van der Waals surface area (Å²) in [5.74, 6) is 0.794. The Kier molecular flexibility index (Phi) is 5.48. The molecule has 1 aromatic rings. The van der Waals surface area contributed by atoms with Crippen LogP contribution in [0.5, 0.6) is 5.75 Å². The van der Waals surface area contributed by atoms with Crippen LogP contribution in [0.15, 0.2) is 18.2 Å². The summed E-state index contributed by atoms with van der Waals surface area (Å²) in [7, 11) is 1.64. The van der Waals surface area contributed by atoms with Crippen molar-refractivity contribution in [3.8, 4) is 5.75 Å². The van der Waals surface area contributed by atoms with E-state index in [2.05, 4.69) is 5.32 Å². The van der Waals surface area contributed by atoms with Crippen LogP contribution in [-0.2, 0) is 11.2 Å². The van der Waals surface area contributed by atoms with Crippen LogP contribution < -0.4 is 10.1 Å². The van der Waals surface area contributed by atoms with E-state index in [1.165, 1.54) is 0 Å². The van der Waals surface area contributed by atoms with Gasteiger partial charge in [0.1, 0.15) is 11.4 Å². The average Bonchev–Trinajstić information content (AvgIpc) is 2.78. The SMILES string of the molecule is COc1ccc2c(c1)CCN(C1CCN(C(=O)OC(C)(C)C)CC1)C(=O)N2. The molecule has 0 radical (unpaired) electrons. The number of fused-ring (bicyclic) bond motifs is 1. The maximum Gasteiger partial charge on any atom is 0.410 e. The number of ether oxygens (including phenoxy) is 2. The number of piperidine rings is 1. The van der Waals surface area contributed by atoms with Gasteiger partial charge < -0.3 is 24.6 Å². The van der Waals surface area contributed by atoms with Gasteiger partial charge in [0.25, 0.3) is 0 Å². The van der Waals surface area contributed by atoms with Gasteiger partial charge in [0.2, 0.25) is 0 Å². The number of nitrogens with zero attached hydrogens (tertiary/aromatic N) is 2. The molecule has 0 atom stereocenters. The summed E-state index contributed by atoms with van der Waals surface area (Å²) in [4.78, 5) is 28.6. The molecule has 0 bridgehead atoms. The van der Waals surface area contributed by atoms with Crippen LogP contribution in [0.3, 0.4) is 0 Å². The van der Waals surface area contributed by atoms with Crippen LogP contribution >= 0.6 is 0 Å². The summed E-state index contributed by atoms with van der Waals surface area (Å²) in [5.41, 5.74) is 1.43. The minimum atomic E-state index is -0.495. The zero-order chi connectivity index (χ0) is 19.6. The Bertz CT molecular complexity index is 706. The molecule has 0 spiro atoms. The van der Waals surface area contributed by atoms with Gasteiger partial charge in [-0.1, -0.05) is 0 Å². The van der Waals surface area contributed by atoms with Crippen LogP contribution in [0.2, 0.25) is 0 Å². The lowest BCUT2D eigenvalue weighted by Crippen LogP contribution is -2.50. The summed E-state index contributed by atoms with van der Waals surface area (Å²) in [6.45, 7) is 7.46. The highest BCUT2D eigenvalue weighted by molar-refractivity contribution is 5.91. The number of hydrogen-bond acceptors (Lipinski definition) is 4. The van der Waals surface area contributed by atoms with Crippen molar-refractivity contribution < 1.29 is 19.1 Å². The first kappa shape index (κ1) is 19.3. The maximum atomic E-state index is 12.7. The lowest BCUT2D eigenvalue weighted by atomic mass is 10.0. The second-order valence-electron chi connectivity index (χ2n) is 8.10. The van der Waals surface area contributed by atoms with E-state index in [-0.39, 0.29) is 18.2 Å². The van der Waals surface area contributed by atoms with E-state index in [0.29, 0.717) is 19.6 Å². The van der Waals surface area contributed by atoms with Gasteiger partial charge in [-0.2, -0.15) is 0 Å². The highest BCUT2D eigenvalue weighted by Crippen LogP contribution is 2.28. The Morgan fingerprint density at radius 1 is 1.19 bits per heavy atom. The van der Waals surface area contributed by atoms with Crippen molar-refractivity contribution in [3.05, 3.63) is 23.8 Å². The molecular formula is C20H29N3O4. The first-order valence-corrected chi connectivity index (χ1v) is 9.49. The van der Waals surface area contributed by atoms with Crippen molar-refractivity contribution in [2.45, 2.75) is 51.7 Å². The summed E-state index contributed by atoms with van der Waals surface area (Å²) in [6.07, 6.45) is 2.01. The van der Waals surface area contributed by atoms with E-state index in [4.69, 9.17) is 9.47 Å². The zero-order valence-corrected chi connectivity index (χ0v) is 16.6. The molecule has 148 valence electrons. The van der Waals surface area contributed by atoms with Gasteiger partial charge in [0.05, 0.1) is 7.11 Å². The van der Waals surface area contributed by atoms with Gasteiger partial charge in [0, 0.05) is 31.4 Å². The molecule has 7 heteroatoms. The third-order valence-electron chi connectivity index (χ3n) is 4.99. The fraction of sp³-hybridized carbons (Fsp3) is 0.600. The van der Waals surface area contributed by atoms with Crippen molar-refractivity contribution in [2.75, 3.05) is 32.1 Å². The van der Waals surface area contributed by atoms with E-state index in [0.717, 1.165) is 36.3 Å². The van der Waals surface area contributed by atoms with E-state index in [1.807, 2.05) is 43.9 Å². The fourth-order valence-corrected chi connectivity index (χ4v) is 3.59. The van der Waals surface area contributed by atoms with Gasteiger partial charge in [-0.15, -0.1) is 0 Å². The Morgan fingerprint density at radius 3 is 2.52 bits per heavy atom. The highest BCUT2D eigenvalue weighted by Gasteiger charge is 2.32. The Balaban J connectivity index is 1.60. The number of hydrogen-bond donors (Lipinski definition) is 1. The second kappa shape index (κ2) is 7.66. The van der Waals surface area contributed by atoms with Crippen LogP contribution in [0.25, 0.3) is 0 Å². The van der Waals surface area contributed by atoms with E-state index in [9.17, 15) is 9.59 Å². The number of urea groups is 1. The highest BCUT2D eigenvalue weighted by atomic mass is 16.6. The summed E-state index contributed by atoms with van der Waals surface area (Å²) in [6, 6.07) is 5.77. The van der Waals surface area contributed by atoms with Gasteiger partial charge in [-0.25, -0.2) is 9.59 Å². The lowest BCUT2D eigenvalue weighted by Gasteiger charge is -2.38. The molecule has 1 fully saturated rings. The van der Waals surface area contributed by atoms with Gasteiger partial charge in [0.15, 0.2) is 0 Å². The number of carbonyl (C=O) groups excluding carboxylic acids is 2. The van der Waals surface area contributed by atoms with Crippen LogP contribution in [0, 0.1) is 0 Å². The number of anilines is 1. The van der Waals surface area contributed by atoms with Crippen molar-refractivity contribution in [2.24, 2.45) is 0 Å². The topological polar surface area (TPSA) is 71.1 Å². The zero-order valence-electron chi connectivity index (χ0n) is 16.6. The predicted molar refractivity (Wildman–Crippen MR) is 103 cm³/mol. The number of likely N-dealkylation sites (tertiary alicyclic amines) is 1. The van der Waals surface area contributed by atoms with Crippen LogP contribution in [0.4, 0.5) is 15.3 Å². The lowest BCUT2D eigenvalue weighted by molar-refractivity contribution is 0.0167. The van der Waals surface area contributed by atoms with E-state index < -0.39 is 5.60 Å². The smallest absolute Gasteiger partial charge is 0.410 e. The molecule has 7 nitrogen and oxygen atoms in total. The number of amides is 3. The molecule has 1 aromatic carbocycles. The third-order valence-corrected chi connectivity index (χ3v) is 4.99. The molecule has 0 aromatic heterocycles. The van der Waals surface area contributed by atoms with Crippen molar-refractivity contribution in [1.82, 2.24) is 9.80 Å². The number of methoxy groups -OCH3 is 1. The molecule has 0 aliphatic carbocycles. The third kappa shape index (κ3) is 4.64. The molecule has 2 aliphatic rings. The number of carbonyl (C=O) groups is 2. The molecule has 0 saturated carbocycles. The Morgan fingerprint density at radius 2 is 1.89 bits per heavy atom. The molecule has 1 N–H and O–H groups in total. The minimum absolute atomic E-state index is 0.0744. The number of benzene rings is 1. The Labute approximate surface area is 160 Å². The summed E-state index contributed by atoms with van der Waals surface area (Å²) < 4.78 is 10.7. The molecule has 2 heterocycles. The van der Waals surface area contributed by atoms with Crippen molar-refractivity contribution >= 4 is 17.8 Å². The minimum Gasteiger partial charge on any atom is -0.497 e. The summed E-state index contributed by atoms with van der Waals surface area (Å²) in [5, 5.41) is 3.01. The summed E-state index contributed by atoms with van der Waals surface area (Å²) >= 11 is 0. The standard InChI is InChI=1S/C20H29N3O4/c1-20(2,3)27-19(25)22-10-8-15(9-11-22)23-12-7-14-13-16(26-4)5-6-17(14)21-18(23)24/h5-6,13,15H,7-12H2,1-4H3,(H,21,24). The largest absolute Gasteiger partial charge is 0.497 e. The maximum absolute atomic E-state index is 12.7. The Hall–Kier alpha value is -2.44. The first-order valence-electron chi connectivity index (χ1n) is 9.49. The quantitative estimate of drug-likeness (QED) is 0.859. The average molecular weight is 375 g/mol. The van der Waals surface area contributed by atoms with Crippen LogP contribution in [-0.4, -0.2) is 60.3 Å². The molecule has 0 unspecified atom stereocenters. The van der Waals surface area contributed by atoms with E-state index >= 15 is 0 Å². The number of rotatable bonds is 2. The van der Waals surface area contributed by atoms with Crippen molar-refractivity contribution in [3.63, 3.8) is 0 Å². The molecule has 3 amide bonds. The van der Waals surface area contributed by atoms with Gasteiger partial charge in [-0.3, -0.25) is 0 Å². The second-order valence-corrected chi connectivity index (χ2v) is 8.10. The normalized spacial score (nSPS) is 18.4. The van der Waals surface area contributed by atoms with Gasteiger partial charge in [-0.05, 0) is 63.8 Å². The molecule has 1 saturated heterocycles. The molecule has 27 heavy (non-hydrogen) atoms. The first-order chi connectivity index (χ1) is 12.8. The molecule has 2 aliphatic heterocycles. The molecule has 3 rings (SSSR count). The number of nitrogens with one attached hydrogen (secondary N) is 1. The van der Waals surface area contributed by atoms with Crippen LogP contribution in [0.1, 0.15) is 39.2 Å². The fourth-order valence-electron chi connectivity index (χ4n) is 3.59. The predicted octanol–water partition coefficient (Wildman–Crippen LogP) is 3.48. The van der Waals surface area contributed by atoms with Crippen molar-refractivity contribution in [1.29, 1.82) is 0 Å². The molecular weight excluding hydrogens is 346 g/mol. The van der Waals surface area contributed by atoms with Gasteiger partial charge >= 0.3 is 12.1 Å².